The number of nitrogens with one attached hydrogen (secondary N) is 1. The summed E-state index contributed by atoms with van der Waals surface area (Å²) in [6.45, 7) is 2.52. The molecule has 0 aliphatic heterocycles. The van der Waals surface area contributed by atoms with Gasteiger partial charge in [-0.05, 0) is 18.4 Å². The Balaban J connectivity index is 2.06. The van der Waals surface area contributed by atoms with Crippen LogP contribution in [-0.2, 0) is 6.54 Å². The van der Waals surface area contributed by atoms with E-state index in [-0.39, 0.29) is 0 Å². The van der Waals surface area contributed by atoms with Crippen molar-refractivity contribution in [1.82, 2.24) is 15.0 Å². The Hall–Kier alpha value is -1.69. The summed E-state index contributed by atoms with van der Waals surface area (Å²) in [4.78, 5) is 13.5. The second kappa shape index (κ2) is 4.89. The molecule has 0 saturated heterocycles. The summed E-state index contributed by atoms with van der Waals surface area (Å²) in [5, 5.41) is 5.17. The van der Waals surface area contributed by atoms with Crippen LogP contribution in [0.1, 0.15) is 10.7 Å². The van der Waals surface area contributed by atoms with Gasteiger partial charge in [-0.2, -0.15) is 15.0 Å². The molecule has 0 aliphatic rings. The summed E-state index contributed by atoms with van der Waals surface area (Å²) in [7, 11) is 1.54. The van der Waals surface area contributed by atoms with Crippen molar-refractivity contribution in [1.29, 1.82) is 0 Å². The first-order valence-electron chi connectivity index (χ1n) is 4.81. The van der Waals surface area contributed by atoms with Gasteiger partial charge in [-0.1, -0.05) is 6.07 Å². The van der Waals surface area contributed by atoms with Crippen LogP contribution in [0.25, 0.3) is 0 Å². The fourth-order valence-corrected chi connectivity index (χ4v) is 1.85. The summed E-state index contributed by atoms with van der Waals surface area (Å²) >= 11 is 1.69. The molecule has 84 valence electrons. The molecule has 1 N–H and O–H groups in total. The Morgan fingerprint density at radius 2 is 2.25 bits per heavy atom. The average molecular weight is 236 g/mol. The third-order valence-electron chi connectivity index (χ3n) is 1.91. The molecule has 0 radical (unpaired) electrons. The van der Waals surface area contributed by atoms with E-state index in [4.69, 9.17) is 4.74 Å². The number of rotatable bonds is 4. The molecule has 6 heteroatoms. The SMILES string of the molecule is COc1nc(C)nc(NCc2cccs2)n1. The van der Waals surface area contributed by atoms with Crippen LogP contribution in [0.4, 0.5) is 5.95 Å². The number of ether oxygens (including phenoxy) is 1. The van der Waals surface area contributed by atoms with Gasteiger partial charge < -0.3 is 10.1 Å². The lowest BCUT2D eigenvalue weighted by Gasteiger charge is -2.05. The van der Waals surface area contributed by atoms with Gasteiger partial charge in [0.05, 0.1) is 13.7 Å². The largest absolute Gasteiger partial charge is 0.467 e. The van der Waals surface area contributed by atoms with Gasteiger partial charge in [-0.15, -0.1) is 11.3 Å². The van der Waals surface area contributed by atoms with Crippen molar-refractivity contribution in [2.45, 2.75) is 13.5 Å². The molecule has 0 atom stereocenters. The van der Waals surface area contributed by atoms with Crippen molar-refractivity contribution < 1.29 is 4.74 Å². The summed E-state index contributed by atoms with van der Waals surface area (Å²) in [5.74, 6) is 1.18. The second-order valence-electron chi connectivity index (χ2n) is 3.13. The van der Waals surface area contributed by atoms with E-state index in [1.54, 1.807) is 18.3 Å². The Labute approximate surface area is 97.5 Å². The number of hydrogen-bond acceptors (Lipinski definition) is 6. The van der Waals surface area contributed by atoms with Crippen LogP contribution in [-0.4, -0.2) is 22.1 Å². The smallest absolute Gasteiger partial charge is 0.321 e. The molecule has 2 rings (SSSR count). The van der Waals surface area contributed by atoms with Crippen LogP contribution in [0.3, 0.4) is 0 Å². The highest BCUT2D eigenvalue weighted by molar-refractivity contribution is 7.09. The van der Waals surface area contributed by atoms with Gasteiger partial charge >= 0.3 is 6.01 Å². The quantitative estimate of drug-likeness (QED) is 0.878. The maximum atomic E-state index is 4.97. The minimum absolute atomic E-state index is 0.334. The van der Waals surface area contributed by atoms with E-state index in [0.29, 0.717) is 24.3 Å². The third kappa shape index (κ3) is 2.66. The average Bonchev–Trinajstić information content (AvgIpc) is 2.78. The number of aryl methyl sites for hydroxylation is 1. The summed E-state index contributed by atoms with van der Waals surface area (Å²) in [6.07, 6.45) is 0. The molecule has 0 aliphatic carbocycles. The fraction of sp³-hybridized carbons (Fsp3) is 0.300. The number of nitrogens with zero attached hydrogens (tertiary/aromatic N) is 3. The zero-order chi connectivity index (χ0) is 11.4. The van der Waals surface area contributed by atoms with E-state index in [2.05, 4.69) is 26.3 Å². The van der Waals surface area contributed by atoms with E-state index in [9.17, 15) is 0 Å². The molecular weight excluding hydrogens is 224 g/mol. The maximum absolute atomic E-state index is 4.97. The van der Waals surface area contributed by atoms with Gasteiger partial charge in [0.25, 0.3) is 0 Å². The van der Waals surface area contributed by atoms with Crippen molar-refractivity contribution in [3.63, 3.8) is 0 Å². The van der Waals surface area contributed by atoms with E-state index in [1.807, 2.05) is 11.4 Å². The van der Waals surface area contributed by atoms with Crippen LogP contribution < -0.4 is 10.1 Å². The van der Waals surface area contributed by atoms with Crippen molar-refractivity contribution >= 4 is 17.3 Å². The van der Waals surface area contributed by atoms with Crippen molar-refractivity contribution in [3.05, 3.63) is 28.2 Å². The summed E-state index contributed by atoms with van der Waals surface area (Å²) < 4.78 is 4.97. The molecule has 0 unspecified atom stereocenters. The number of hydrogen-bond donors (Lipinski definition) is 1. The van der Waals surface area contributed by atoms with Gasteiger partial charge in [-0.25, -0.2) is 0 Å². The van der Waals surface area contributed by atoms with Crippen LogP contribution >= 0.6 is 11.3 Å². The highest BCUT2D eigenvalue weighted by Crippen LogP contribution is 2.11. The molecular formula is C10H12N4OS. The highest BCUT2D eigenvalue weighted by Gasteiger charge is 2.03. The van der Waals surface area contributed by atoms with Crippen molar-refractivity contribution in [2.24, 2.45) is 0 Å². The lowest BCUT2D eigenvalue weighted by atomic mass is 10.5. The van der Waals surface area contributed by atoms with E-state index < -0.39 is 0 Å². The normalized spacial score (nSPS) is 10.1. The first kappa shape index (κ1) is 10.8. The van der Waals surface area contributed by atoms with Crippen LogP contribution in [0.15, 0.2) is 17.5 Å². The van der Waals surface area contributed by atoms with E-state index in [1.165, 1.54) is 12.0 Å². The number of methoxy groups -OCH3 is 1. The Kier molecular flexibility index (Phi) is 3.31. The number of anilines is 1. The first-order valence-corrected chi connectivity index (χ1v) is 5.69. The molecule has 2 heterocycles. The van der Waals surface area contributed by atoms with Crippen molar-refractivity contribution in [2.75, 3.05) is 12.4 Å². The second-order valence-corrected chi connectivity index (χ2v) is 4.16. The van der Waals surface area contributed by atoms with Gasteiger partial charge in [0.1, 0.15) is 5.82 Å². The van der Waals surface area contributed by atoms with Crippen molar-refractivity contribution in [3.8, 4) is 6.01 Å². The monoisotopic (exact) mass is 236 g/mol. The minimum atomic E-state index is 0.334. The zero-order valence-corrected chi connectivity index (χ0v) is 9.91. The summed E-state index contributed by atoms with van der Waals surface area (Å²) in [5.41, 5.74) is 0. The molecule has 16 heavy (non-hydrogen) atoms. The van der Waals surface area contributed by atoms with Crippen LogP contribution in [0, 0.1) is 6.92 Å². The lowest BCUT2D eigenvalue weighted by Crippen LogP contribution is -2.06. The molecule has 0 aromatic carbocycles. The highest BCUT2D eigenvalue weighted by atomic mass is 32.1. The van der Waals surface area contributed by atoms with Gasteiger partial charge in [-0.3, -0.25) is 0 Å². The third-order valence-corrected chi connectivity index (χ3v) is 2.79. The Morgan fingerprint density at radius 3 is 2.94 bits per heavy atom. The standard InChI is InChI=1S/C10H12N4OS/c1-7-12-9(14-10(13-7)15-2)11-6-8-4-3-5-16-8/h3-5H,6H2,1-2H3,(H,11,12,13,14). The Bertz CT molecular complexity index is 458. The molecule has 0 fully saturated rings. The van der Waals surface area contributed by atoms with Gasteiger partial charge in [0, 0.05) is 4.88 Å². The van der Waals surface area contributed by atoms with Crippen LogP contribution in [0.2, 0.25) is 0 Å². The number of thiophene rings is 1. The fourth-order valence-electron chi connectivity index (χ4n) is 1.21. The van der Waals surface area contributed by atoms with Gasteiger partial charge in [0.15, 0.2) is 0 Å². The maximum Gasteiger partial charge on any atom is 0.321 e. The molecule has 0 spiro atoms. The van der Waals surface area contributed by atoms with Gasteiger partial charge in [0.2, 0.25) is 5.95 Å². The molecule has 2 aromatic heterocycles. The Morgan fingerprint density at radius 1 is 1.38 bits per heavy atom. The topological polar surface area (TPSA) is 59.9 Å². The van der Waals surface area contributed by atoms with E-state index >= 15 is 0 Å². The predicted molar refractivity (Wildman–Crippen MR) is 62.8 cm³/mol. The molecule has 2 aromatic rings. The van der Waals surface area contributed by atoms with E-state index in [0.717, 1.165) is 0 Å². The first-order chi connectivity index (χ1) is 7.78. The van der Waals surface area contributed by atoms with Crippen LogP contribution in [0.5, 0.6) is 6.01 Å². The number of aromatic nitrogens is 3. The molecule has 0 bridgehead atoms. The molecule has 5 nitrogen and oxygen atoms in total. The predicted octanol–water partition coefficient (Wildman–Crippen LogP) is 1.86. The summed E-state index contributed by atoms with van der Waals surface area (Å²) in [6, 6.07) is 4.41. The zero-order valence-electron chi connectivity index (χ0n) is 9.10. The lowest BCUT2D eigenvalue weighted by molar-refractivity contribution is 0.377. The minimum Gasteiger partial charge on any atom is -0.467 e. The molecule has 0 saturated carbocycles. The molecule has 0 amide bonds.